The minimum Gasteiger partial charge on any atom is -0.423 e. The first-order chi connectivity index (χ1) is 14.5. The van der Waals surface area contributed by atoms with Crippen molar-refractivity contribution in [3.05, 3.63) is 64.8 Å². The average molecular weight is 404 g/mol. The molecule has 8 nitrogen and oxygen atoms in total. The number of benzene rings is 2. The third-order valence-corrected chi connectivity index (χ3v) is 5.44. The summed E-state index contributed by atoms with van der Waals surface area (Å²) in [6, 6.07) is 13.5. The smallest absolute Gasteiger partial charge is 0.423 e. The second kappa shape index (κ2) is 8.39. The third kappa shape index (κ3) is 3.87. The first-order valence-corrected chi connectivity index (χ1v) is 9.98. The van der Waals surface area contributed by atoms with Crippen molar-refractivity contribution >= 4 is 30.0 Å². The highest BCUT2D eigenvalue weighted by atomic mass is 16.4. The normalized spacial score (nSPS) is 15.2. The second-order valence-corrected chi connectivity index (χ2v) is 7.56. The van der Waals surface area contributed by atoms with Crippen LogP contribution in [0.4, 0.5) is 17.5 Å². The molecule has 2 heterocycles. The largest absolute Gasteiger partial charge is 0.488 e. The molecule has 1 aliphatic rings. The SMILES string of the molecule is Cc1nnc(N2c3cccc(CN)c3CC2C)nc1NCc1cccc(B(O)O)c1. The maximum absolute atomic E-state index is 9.37. The molecular formula is C21H25BN6O2. The van der Waals surface area contributed by atoms with E-state index < -0.39 is 7.12 Å². The van der Waals surface area contributed by atoms with E-state index in [1.165, 1.54) is 5.56 Å². The molecule has 0 saturated heterocycles. The Kier molecular flexibility index (Phi) is 5.67. The van der Waals surface area contributed by atoms with Crippen LogP contribution in [0.1, 0.15) is 29.3 Å². The van der Waals surface area contributed by atoms with E-state index in [4.69, 9.17) is 10.7 Å². The minimum absolute atomic E-state index is 0.202. The van der Waals surface area contributed by atoms with Gasteiger partial charge in [-0.1, -0.05) is 36.4 Å². The lowest BCUT2D eigenvalue weighted by Crippen LogP contribution is -2.30. The van der Waals surface area contributed by atoms with Crippen molar-refractivity contribution in [3.8, 4) is 0 Å². The summed E-state index contributed by atoms with van der Waals surface area (Å²) in [5.41, 5.74) is 11.4. The Morgan fingerprint density at radius 3 is 2.77 bits per heavy atom. The minimum atomic E-state index is -1.49. The van der Waals surface area contributed by atoms with Gasteiger partial charge >= 0.3 is 7.12 Å². The van der Waals surface area contributed by atoms with Crippen LogP contribution < -0.4 is 21.4 Å². The van der Waals surface area contributed by atoms with E-state index in [0.29, 0.717) is 36.0 Å². The molecule has 0 radical (unpaired) electrons. The van der Waals surface area contributed by atoms with E-state index in [2.05, 4.69) is 39.5 Å². The first kappa shape index (κ1) is 20.3. The van der Waals surface area contributed by atoms with Crippen LogP contribution in [0, 0.1) is 6.92 Å². The van der Waals surface area contributed by atoms with Crippen LogP contribution in [0.25, 0.3) is 0 Å². The molecule has 9 heteroatoms. The summed E-state index contributed by atoms with van der Waals surface area (Å²) in [6.45, 7) is 4.98. The fourth-order valence-corrected chi connectivity index (χ4v) is 3.89. The fourth-order valence-electron chi connectivity index (χ4n) is 3.89. The zero-order valence-corrected chi connectivity index (χ0v) is 17.1. The van der Waals surface area contributed by atoms with Gasteiger partial charge in [-0.05, 0) is 48.5 Å². The van der Waals surface area contributed by atoms with Gasteiger partial charge in [0.05, 0.1) is 0 Å². The monoisotopic (exact) mass is 404 g/mol. The van der Waals surface area contributed by atoms with Gasteiger partial charge in [0.1, 0.15) is 5.69 Å². The van der Waals surface area contributed by atoms with E-state index in [1.807, 2.05) is 19.1 Å². The van der Waals surface area contributed by atoms with Crippen LogP contribution in [-0.4, -0.2) is 38.4 Å². The third-order valence-electron chi connectivity index (χ3n) is 5.44. The van der Waals surface area contributed by atoms with Gasteiger partial charge in [-0.2, -0.15) is 4.98 Å². The number of aryl methyl sites for hydroxylation is 1. The molecule has 0 spiro atoms. The van der Waals surface area contributed by atoms with Crippen molar-refractivity contribution in [2.45, 2.75) is 39.4 Å². The van der Waals surface area contributed by atoms with Gasteiger partial charge in [0.2, 0.25) is 0 Å². The van der Waals surface area contributed by atoms with Gasteiger partial charge in [0.25, 0.3) is 5.95 Å². The molecule has 4 rings (SSSR count). The highest BCUT2D eigenvalue weighted by Gasteiger charge is 2.31. The molecule has 0 amide bonds. The number of aromatic nitrogens is 3. The predicted molar refractivity (Wildman–Crippen MR) is 118 cm³/mol. The fraction of sp³-hybridized carbons (Fsp3) is 0.286. The van der Waals surface area contributed by atoms with Crippen molar-refractivity contribution in [2.24, 2.45) is 5.73 Å². The Bertz CT molecular complexity index is 1060. The maximum Gasteiger partial charge on any atom is 0.488 e. The molecule has 0 aliphatic carbocycles. The van der Waals surface area contributed by atoms with Crippen LogP contribution in [0.2, 0.25) is 0 Å². The zero-order chi connectivity index (χ0) is 21.3. The van der Waals surface area contributed by atoms with Crippen LogP contribution in [-0.2, 0) is 19.5 Å². The molecule has 1 aromatic heterocycles. The quantitative estimate of drug-likeness (QED) is 0.450. The van der Waals surface area contributed by atoms with E-state index >= 15 is 0 Å². The Morgan fingerprint density at radius 1 is 1.20 bits per heavy atom. The predicted octanol–water partition coefficient (Wildman–Crippen LogP) is 1.01. The van der Waals surface area contributed by atoms with Gasteiger partial charge in [0, 0.05) is 24.8 Å². The summed E-state index contributed by atoms with van der Waals surface area (Å²) in [5.74, 6) is 1.19. The summed E-state index contributed by atoms with van der Waals surface area (Å²) in [7, 11) is -1.49. The van der Waals surface area contributed by atoms with Crippen LogP contribution >= 0.6 is 0 Å². The van der Waals surface area contributed by atoms with Crippen LogP contribution in [0.15, 0.2) is 42.5 Å². The second-order valence-electron chi connectivity index (χ2n) is 7.56. The molecule has 1 aliphatic heterocycles. The highest BCUT2D eigenvalue weighted by molar-refractivity contribution is 6.58. The summed E-state index contributed by atoms with van der Waals surface area (Å²) in [4.78, 5) is 6.85. The summed E-state index contributed by atoms with van der Waals surface area (Å²) < 4.78 is 0. The molecule has 0 saturated carbocycles. The van der Waals surface area contributed by atoms with Crippen molar-refractivity contribution < 1.29 is 10.0 Å². The lowest BCUT2D eigenvalue weighted by molar-refractivity contribution is 0.425. The number of nitrogens with one attached hydrogen (secondary N) is 1. The van der Waals surface area contributed by atoms with Crippen LogP contribution in [0.3, 0.4) is 0 Å². The molecule has 3 aromatic rings. The maximum atomic E-state index is 9.37. The number of hydrogen-bond donors (Lipinski definition) is 4. The molecule has 154 valence electrons. The highest BCUT2D eigenvalue weighted by Crippen LogP contribution is 2.38. The van der Waals surface area contributed by atoms with Gasteiger partial charge in [-0.3, -0.25) is 0 Å². The standard InChI is InChI=1S/C21H25BN6O2/c1-13-9-18-16(11-23)6-4-8-19(18)28(13)21-25-20(14(2)26-27-21)24-12-15-5-3-7-17(10-15)22(29)30/h3-8,10,13,29-30H,9,11-12,23H2,1-2H3,(H,24,25,27). The van der Waals surface area contributed by atoms with Gasteiger partial charge in [-0.25, -0.2) is 0 Å². The van der Waals surface area contributed by atoms with Crippen molar-refractivity contribution in [1.82, 2.24) is 15.2 Å². The molecule has 1 unspecified atom stereocenters. The van der Waals surface area contributed by atoms with Crippen molar-refractivity contribution in [1.29, 1.82) is 0 Å². The van der Waals surface area contributed by atoms with Gasteiger partial charge in [-0.15, -0.1) is 10.2 Å². The molecule has 1 atom stereocenters. The van der Waals surface area contributed by atoms with E-state index in [0.717, 1.165) is 23.2 Å². The molecule has 30 heavy (non-hydrogen) atoms. The Labute approximate surface area is 175 Å². The average Bonchev–Trinajstić information content (AvgIpc) is 3.09. The van der Waals surface area contributed by atoms with Gasteiger partial charge in [0.15, 0.2) is 5.82 Å². The molecule has 5 N–H and O–H groups in total. The van der Waals surface area contributed by atoms with E-state index in [1.54, 1.807) is 18.2 Å². The van der Waals surface area contributed by atoms with E-state index in [9.17, 15) is 10.0 Å². The summed E-state index contributed by atoms with van der Waals surface area (Å²) >= 11 is 0. The number of nitrogens with two attached hydrogens (primary N) is 1. The van der Waals surface area contributed by atoms with Gasteiger partial charge < -0.3 is 26.0 Å². The first-order valence-electron chi connectivity index (χ1n) is 9.98. The molecule has 0 fully saturated rings. The molecule has 0 bridgehead atoms. The molecular weight excluding hydrogens is 379 g/mol. The zero-order valence-electron chi connectivity index (χ0n) is 17.1. The number of anilines is 3. The Hall–Kier alpha value is -3.01. The number of hydrogen-bond acceptors (Lipinski definition) is 8. The summed E-state index contributed by atoms with van der Waals surface area (Å²) in [6.07, 6.45) is 0.888. The number of rotatable bonds is 6. The lowest BCUT2D eigenvalue weighted by atomic mass is 9.80. The Balaban J connectivity index is 1.60. The van der Waals surface area contributed by atoms with Crippen LogP contribution in [0.5, 0.6) is 0 Å². The summed E-state index contributed by atoms with van der Waals surface area (Å²) in [5, 5.41) is 30.7. The van der Waals surface area contributed by atoms with E-state index in [-0.39, 0.29) is 6.04 Å². The molecule has 2 aromatic carbocycles. The topological polar surface area (TPSA) is 120 Å². The number of nitrogens with zero attached hydrogens (tertiary/aromatic N) is 4. The Morgan fingerprint density at radius 2 is 2.00 bits per heavy atom. The lowest BCUT2D eigenvalue weighted by Gasteiger charge is -2.23. The van der Waals surface area contributed by atoms with Crippen molar-refractivity contribution in [3.63, 3.8) is 0 Å². The van der Waals surface area contributed by atoms with Crippen molar-refractivity contribution in [2.75, 3.05) is 10.2 Å². The number of fused-ring (bicyclic) bond motifs is 1.